The Bertz CT molecular complexity index is 1110. The van der Waals surface area contributed by atoms with E-state index in [0.29, 0.717) is 23.6 Å². The Hall–Kier alpha value is -3.94. The average molecular weight is 475 g/mol. The number of aromatic hydroxyl groups is 1. The summed E-state index contributed by atoms with van der Waals surface area (Å²) < 4.78 is 5.56. The molecule has 0 bridgehead atoms. The summed E-state index contributed by atoms with van der Waals surface area (Å²) in [4.78, 5) is 37.2. The molecule has 1 saturated carbocycles. The smallest absolute Gasteiger partial charge is 0.279 e. The van der Waals surface area contributed by atoms with Crippen molar-refractivity contribution in [1.29, 1.82) is 0 Å². The maximum Gasteiger partial charge on any atom is 0.279 e. The molecule has 0 saturated heterocycles. The number of anilines is 1. The van der Waals surface area contributed by atoms with Gasteiger partial charge in [-0.1, -0.05) is 31.4 Å². The fraction of sp³-hybridized carbons (Fsp3) is 0.333. The van der Waals surface area contributed by atoms with Crippen molar-refractivity contribution in [3.63, 3.8) is 0 Å². The molecule has 1 aliphatic rings. The van der Waals surface area contributed by atoms with Gasteiger partial charge < -0.3 is 15.2 Å². The highest BCUT2D eigenvalue weighted by molar-refractivity contribution is 6.09. The molecule has 0 spiro atoms. The SMILES string of the molecule is CCOc1ccc(N(C(=O)c2cnccn2)[C@@H](C(=O)NC2CCCCC2)c2ccc(O)cc2)cc1. The fourth-order valence-electron chi connectivity index (χ4n) is 4.39. The molecule has 0 radical (unpaired) electrons. The number of phenols is 1. The second-order valence-corrected chi connectivity index (χ2v) is 8.53. The number of aromatic nitrogens is 2. The number of nitrogens with zero attached hydrogens (tertiary/aromatic N) is 3. The Labute approximate surface area is 205 Å². The van der Waals surface area contributed by atoms with Crippen molar-refractivity contribution in [1.82, 2.24) is 15.3 Å². The highest BCUT2D eigenvalue weighted by atomic mass is 16.5. The van der Waals surface area contributed by atoms with Gasteiger partial charge in [0.25, 0.3) is 5.91 Å². The van der Waals surface area contributed by atoms with Crippen LogP contribution in [0.2, 0.25) is 0 Å². The molecule has 0 unspecified atom stereocenters. The maximum atomic E-state index is 13.8. The molecule has 8 heteroatoms. The third-order valence-electron chi connectivity index (χ3n) is 6.09. The van der Waals surface area contributed by atoms with E-state index >= 15 is 0 Å². The Balaban J connectivity index is 1.78. The second kappa shape index (κ2) is 11.5. The van der Waals surface area contributed by atoms with Gasteiger partial charge in [-0.3, -0.25) is 19.5 Å². The van der Waals surface area contributed by atoms with Crippen LogP contribution in [0.1, 0.15) is 61.1 Å². The van der Waals surface area contributed by atoms with E-state index in [2.05, 4.69) is 15.3 Å². The van der Waals surface area contributed by atoms with E-state index in [1.807, 2.05) is 6.92 Å². The van der Waals surface area contributed by atoms with E-state index in [1.165, 1.54) is 35.6 Å². The van der Waals surface area contributed by atoms with E-state index in [4.69, 9.17) is 4.74 Å². The molecule has 1 atom stereocenters. The van der Waals surface area contributed by atoms with Crippen LogP contribution in [0.25, 0.3) is 0 Å². The lowest BCUT2D eigenvalue weighted by Crippen LogP contribution is -2.47. The molecule has 2 amide bonds. The first-order valence-corrected chi connectivity index (χ1v) is 12.0. The first kappa shape index (κ1) is 24.2. The zero-order chi connectivity index (χ0) is 24.6. The number of phenolic OH excluding ortho intramolecular Hbond substituents is 1. The third-order valence-corrected chi connectivity index (χ3v) is 6.09. The van der Waals surface area contributed by atoms with Crippen LogP contribution in [-0.4, -0.2) is 39.5 Å². The third kappa shape index (κ3) is 5.95. The molecule has 2 N–H and O–H groups in total. The van der Waals surface area contributed by atoms with Crippen molar-refractivity contribution in [2.45, 2.75) is 51.1 Å². The van der Waals surface area contributed by atoms with E-state index in [0.717, 1.165) is 32.1 Å². The number of hydrogen-bond acceptors (Lipinski definition) is 6. The van der Waals surface area contributed by atoms with Gasteiger partial charge in [0.1, 0.15) is 23.2 Å². The van der Waals surface area contributed by atoms with E-state index in [9.17, 15) is 14.7 Å². The van der Waals surface area contributed by atoms with Gasteiger partial charge in [0.15, 0.2) is 0 Å². The maximum absolute atomic E-state index is 13.8. The molecule has 8 nitrogen and oxygen atoms in total. The van der Waals surface area contributed by atoms with Gasteiger partial charge in [-0.05, 0) is 61.7 Å². The van der Waals surface area contributed by atoms with Gasteiger partial charge in [0, 0.05) is 24.1 Å². The normalized spacial score (nSPS) is 14.7. The number of benzene rings is 2. The number of carbonyl (C=O) groups is 2. The Kier molecular flexibility index (Phi) is 7.92. The molecular formula is C27H30N4O4. The van der Waals surface area contributed by atoms with Gasteiger partial charge in [-0.2, -0.15) is 0 Å². The predicted octanol–water partition coefficient (Wildman–Crippen LogP) is 4.42. The van der Waals surface area contributed by atoms with Crippen molar-refractivity contribution < 1.29 is 19.4 Å². The Morgan fingerprint density at radius 3 is 2.40 bits per heavy atom. The lowest BCUT2D eigenvalue weighted by atomic mass is 9.94. The molecule has 4 rings (SSSR count). The molecule has 1 fully saturated rings. The van der Waals surface area contributed by atoms with Gasteiger partial charge in [-0.25, -0.2) is 4.98 Å². The molecule has 1 aromatic heterocycles. The summed E-state index contributed by atoms with van der Waals surface area (Å²) in [5.74, 6) is -0.00288. The molecule has 2 aromatic carbocycles. The van der Waals surface area contributed by atoms with E-state index in [1.54, 1.807) is 36.4 Å². The molecule has 1 aliphatic carbocycles. The van der Waals surface area contributed by atoms with Crippen LogP contribution in [0, 0.1) is 0 Å². The zero-order valence-corrected chi connectivity index (χ0v) is 19.8. The number of nitrogens with one attached hydrogen (secondary N) is 1. The van der Waals surface area contributed by atoms with E-state index in [-0.39, 0.29) is 23.4 Å². The number of carbonyl (C=O) groups excluding carboxylic acids is 2. The second-order valence-electron chi connectivity index (χ2n) is 8.53. The highest BCUT2D eigenvalue weighted by Crippen LogP contribution is 2.32. The summed E-state index contributed by atoms with van der Waals surface area (Å²) in [7, 11) is 0. The molecule has 35 heavy (non-hydrogen) atoms. The lowest BCUT2D eigenvalue weighted by Gasteiger charge is -2.33. The fourth-order valence-corrected chi connectivity index (χ4v) is 4.39. The standard InChI is InChI=1S/C27H30N4O4/c1-2-35-23-14-10-21(11-15-23)31(27(34)24-18-28-16-17-29-24)25(19-8-12-22(32)13-9-19)26(33)30-20-6-4-3-5-7-20/h8-18,20,25,32H,2-7H2,1H3,(H,30,33)/t25-/m1/s1. The predicted molar refractivity (Wildman–Crippen MR) is 132 cm³/mol. The van der Waals surface area contributed by atoms with Gasteiger partial charge in [-0.15, -0.1) is 0 Å². The highest BCUT2D eigenvalue weighted by Gasteiger charge is 2.35. The van der Waals surface area contributed by atoms with Crippen molar-refractivity contribution in [2.75, 3.05) is 11.5 Å². The lowest BCUT2D eigenvalue weighted by molar-refractivity contribution is -0.123. The summed E-state index contributed by atoms with van der Waals surface area (Å²) in [6.07, 6.45) is 9.44. The number of ether oxygens (including phenoxy) is 1. The minimum atomic E-state index is -0.982. The number of rotatable bonds is 8. The minimum absolute atomic E-state index is 0.0599. The topological polar surface area (TPSA) is 105 Å². The van der Waals surface area contributed by atoms with Gasteiger partial charge in [0.05, 0.1) is 12.8 Å². The van der Waals surface area contributed by atoms with Crippen LogP contribution >= 0.6 is 0 Å². The van der Waals surface area contributed by atoms with E-state index < -0.39 is 11.9 Å². The number of hydrogen-bond donors (Lipinski definition) is 2. The molecular weight excluding hydrogens is 444 g/mol. The number of amides is 2. The molecule has 0 aliphatic heterocycles. The summed E-state index contributed by atoms with van der Waals surface area (Å²) in [6, 6.07) is 12.5. The quantitative estimate of drug-likeness (QED) is 0.501. The van der Waals surface area contributed by atoms with Crippen LogP contribution in [0.4, 0.5) is 5.69 Å². The molecule has 1 heterocycles. The summed E-state index contributed by atoms with van der Waals surface area (Å²) in [5, 5.41) is 13.0. The first-order valence-electron chi connectivity index (χ1n) is 12.0. The van der Waals surface area contributed by atoms with Gasteiger partial charge in [0.2, 0.25) is 5.91 Å². The van der Waals surface area contributed by atoms with Crippen molar-refractivity contribution in [2.24, 2.45) is 0 Å². The van der Waals surface area contributed by atoms with Crippen LogP contribution in [0.3, 0.4) is 0 Å². The van der Waals surface area contributed by atoms with Crippen molar-refractivity contribution in [3.8, 4) is 11.5 Å². The summed E-state index contributed by atoms with van der Waals surface area (Å²) in [6.45, 7) is 2.41. The minimum Gasteiger partial charge on any atom is -0.508 e. The van der Waals surface area contributed by atoms with Crippen LogP contribution in [0.15, 0.2) is 67.1 Å². The Morgan fingerprint density at radius 1 is 1.06 bits per heavy atom. The van der Waals surface area contributed by atoms with Gasteiger partial charge >= 0.3 is 0 Å². The van der Waals surface area contributed by atoms with Crippen molar-refractivity contribution in [3.05, 3.63) is 78.4 Å². The molecule has 3 aromatic rings. The molecule has 182 valence electrons. The van der Waals surface area contributed by atoms with Crippen LogP contribution in [-0.2, 0) is 4.79 Å². The first-order chi connectivity index (χ1) is 17.1. The zero-order valence-electron chi connectivity index (χ0n) is 19.8. The average Bonchev–Trinajstić information content (AvgIpc) is 2.89. The summed E-state index contributed by atoms with van der Waals surface area (Å²) in [5.41, 5.74) is 1.21. The largest absolute Gasteiger partial charge is 0.508 e. The van der Waals surface area contributed by atoms with Crippen LogP contribution in [0.5, 0.6) is 11.5 Å². The van der Waals surface area contributed by atoms with Crippen LogP contribution < -0.4 is 15.0 Å². The summed E-state index contributed by atoms with van der Waals surface area (Å²) >= 11 is 0. The monoisotopic (exact) mass is 474 g/mol. The van der Waals surface area contributed by atoms with Crippen molar-refractivity contribution >= 4 is 17.5 Å². The Morgan fingerprint density at radius 2 is 1.77 bits per heavy atom.